The summed E-state index contributed by atoms with van der Waals surface area (Å²) in [6, 6.07) is 4.21. The maximum absolute atomic E-state index is 12.9. The van der Waals surface area contributed by atoms with Crippen molar-refractivity contribution in [1.82, 2.24) is 29.6 Å². The Morgan fingerprint density at radius 2 is 1.92 bits per heavy atom. The Hall–Kier alpha value is -2.82. The molecule has 196 valence electrons. The summed E-state index contributed by atoms with van der Waals surface area (Å²) in [6.45, 7) is 7.50. The van der Waals surface area contributed by atoms with E-state index in [1.165, 1.54) is 6.42 Å². The van der Waals surface area contributed by atoms with E-state index in [0.717, 1.165) is 81.8 Å². The molecule has 0 aromatic carbocycles. The molecule has 2 saturated heterocycles. The first-order valence-corrected chi connectivity index (χ1v) is 13.7. The molecule has 3 aromatic heterocycles. The second-order valence-electron chi connectivity index (χ2n) is 9.92. The molecule has 1 saturated carbocycles. The van der Waals surface area contributed by atoms with Gasteiger partial charge in [-0.1, -0.05) is 6.42 Å². The van der Waals surface area contributed by atoms with E-state index < -0.39 is 5.97 Å². The standard InChI is InChI=1S/C26H32ClN7O3/c1-2-37-25(35)19-16-20(33-10-7-18(8-11-33)32-12-14-36-15-13-32)22-23(17-4-3-5-17)31-34(24(22)29-19)21-6-9-28-26(27)30-21/h6,9,16-18H,2-5,7-8,10-15H2,1H3. The van der Waals surface area contributed by atoms with Crippen LogP contribution in [-0.2, 0) is 9.47 Å². The molecule has 0 amide bonds. The Kier molecular flexibility index (Phi) is 6.96. The number of morpholine rings is 1. The third-order valence-corrected chi connectivity index (χ3v) is 8.00. The number of pyridine rings is 1. The molecule has 0 unspecified atom stereocenters. The third-order valence-electron chi connectivity index (χ3n) is 7.82. The van der Waals surface area contributed by atoms with Crippen LogP contribution in [0.4, 0.5) is 5.69 Å². The van der Waals surface area contributed by atoms with E-state index >= 15 is 0 Å². The molecule has 0 spiro atoms. The minimum Gasteiger partial charge on any atom is -0.461 e. The van der Waals surface area contributed by atoms with Crippen LogP contribution in [0.5, 0.6) is 0 Å². The van der Waals surface area contributed by atoms with Gasteiger partial charge in [0.25, 0.3) is 0 Å². The lowest BCUT2D eigenvalue weighted by molar-refractivity contribution is 0.0115. The summed E-state index contributed by atoms with van der Waals surface area (Å²) < 4.78 is 12.6. The molecule has 2 aliphatic heterocycles. The van der Waals surface area contributed by atoms with Crippen LogP contribution in [0.1, 0.15) is 61.1 Å². The fourth-order valence-corrected chi connectivity index (χ4v) is 5.81. The van der Waals surface area contributed by atoms with Crippen LogP contribution in [0.3, 0.4) is 0 Å². The van der Waals surface area contributed by atoms with Crippen LogP contribution < -0.4 is 4.90 Å². The highest BCUT2D eigenvalue weighted by atomic mass is 35.5. The molecule has 10 nitrogen and oxygen atoms in total. The predicted molar refractivity (Wildman–Crippen MR) is 140 cm³/mol. The van der Waals surface area contributed by atoms with Gasteiger partial charge in [-0.25, -0.2) is 14.8 Å². The van der Waals surface area contributed by atoms with E-state index in [1.807, 2.05) is 6.07 Å². The van der Waals surface area contributed by atoms with Crippen molar-refractivity contribution >= 4 is 34.3 Å². The molecule has 3 aliphatic rings. The molecule has 6 rings (SSSR count). The predicted octanol–water partition coefficient (Wildman–Crippen LogP) is 3.61. The number of esters is 1. The minimum atomic E-state index is -0.437. The first-order valence-electron chi connectivity index (χ1n) is 13.3. The highest BCUT2D eigenvalue weighted by Crippen LogP contribution is 2.43. The van der Waals surface area contributed by atoms with Gasteiger partial charge in [0.1, 0.15) is 0 Å². The fourth-order valence-electron chi connectivity index (χ4n) is 5.67. The number of hydrogen-bond acceptors (Lipinski definition) is 9. The second kappa shape index (κ2) is 10.5. The fraction of sp³-hybridized carbons (Fsp3) is 0.577. The van der Waals surface area contributed by atoms with Crippen LogP contribution in [0.25, 0.3) is 16.9 Å². The van der Waals surface area contributed by atoms with E-state index in [-0.39, 0.29) is 17.6 Å². The largest absolute Gasteiger partial charge is 0.461 e. The molecule has 3 fully saturated rings. The van der Waals surface area contributed by atoms with Crippen LogP contribution in [-0.4, -0.2) is 87.6 Å². The second-order valence-corrected chi connectivity index (χ2v) is 10.3. The van der Waals surface area contributed by atoms with Gasteiger partial charge >= 0.3 is 5.97 Å². The van der Waals surface area contributed by atoms with Gasteiger partial charge in [0, 0.05) is 50.4 Å². The Morgan fingerprint density at radius 1 is 1.14 bits per heavy atom. The Balaban J connectivity index is 1.44. The number of nitrogens with zero attached hydrogens (tertiary/aromatic N) is 7. The normalized spacial score (nSPS) is 19.8. The molecule has 3 aromatic rings. The first kappa shape index (κ1) is 24.5. The number of carbonyl (C=O) groups is 1. The number of fused-ring (bicyclic) bond motifs is 1. The maximum atomic E-state index is 12.9. The zero-order chi connectivity index (χ0) is 25.4. The van der Waals surface area contributed by atoms with E-state index in [2.05, 4.69) is 19.8 Å². The first-order chi connectivity index (χ1) is 18.1. The summed E-state index contributed by atoms with van der Waals surface area (Å²) in [5.74, 6) is 0.453. The number of anilines is 1. The van der Waals surface area contributed by atoms with Gasteiger partial charge in [-0.15, -0.1) is 0 Å². The van der Waals surface area contributed by atoms with Crippen LogP contribution in [0.2, 0.25) is 5.28 Å². The van der Waals surface area contributed by atoms with Crippen LogP contribution >= 0.6 is 11.6 Å². The molecule has 1 aliphatic carbocycles. The molecule has 0 bridgehead atoms. The third kappa shape index (κ3) is 4.78. The highest BCUT2D eigenvalue weighted by molar-refractivity contribution is 6.28. The number of rotatable bonds is 6. The molecular weight excluding hydrogens is 494 g/mol. The lowest BCUT2D eigenvalue weighted by Gasteiger charge is -2.41. The van der Waals surface area contributed by atoms with Gasteiger partial charge in [-0.05, 0) is 50.3 Å². The Labute approximate surface area is 220 Å². The maximum Gasteiger partial charge on any atom is 0.357 e. The lowest BCUT2D eigenvalue weighted by atomic mass is 9.82. The summed E-state index contributed by atoms with van der Waals surface area (Å²) in [5, 5.41) is 6.15. The SMILES string of the molecule is CCOC(=O)c1cc(N2CCC(N3CCOCC3)CC2)c2c(C3CCC3)nn(-c3ccnc(Cl)n3)c2n1. The van der Waals surface area contributed by atoms with Gasteiger partial charge in [0.05, 0.1) is 36.6 Å². The van der Waals surface area contributed by atoms with Crippen LogP contribution in [0, 0.1) is 0 Å². The summed E-state index contributed by atoms with van der Waals surface area (Å²) in [6.07, 6.45) is 7.10. The van der Waals surface area contributed by atoms with Crippen molar-refractivity contribution in [3.05, 3.63) is 35.0 Å². The van der Waals surface area contributed by atoms with Gasteiger partial charge in [0.15, 0.2) is 17.2 Å². The van der Waals surface area contributed by atoms with Gasteiger partial charge in [-0.2, -0.15) is 14.8 Å². The van der Waals surface area contributed by atoms with Crippen molar-refractivity contribution in [1.29, 1.82) is 0 Å². The quantitative estimate of drug-likeness (QED) is 0.353. The van der Waals surface area contributed by atoms with Gasteiger partial charge in [0.2, 0.25) is 5.28 Å². The summed E-state index contributed by atoms with van der Waals surface area (Å²) >= 11 is 6.13. The van der Waals surface area contributed by atoms with Gasteiger partial charge < -0.3 is 14.4 Å². The Bertz CT molecular complexity index is 1280. The number of piperidine rings is 1. The smallest absolute Gasteiger partial charge is 0.357 e. The average Bonchev–Trinajstić information content (AvgIpc) is 3.27. The molecular formula is C26H32ClN7O3. The summed E-state index contributed by atoms with van der Waals surface area (Å²) in [4.78, 5) is 31.0. The summed E-state index contributed by atoms with van der Waals surface area (Å²) in [7, 11) is 0. The Morgan fingerprint density at radius 3 is 2.59 bits per heavy atom. The molecule has 0 N–H and O–H groups in total. The minimum absolute atomic E-state index is 0.137. The van der Waals surface area contributed by atoms with E-state index in [0.29, 0.717) is 23.4 Å². The average molecular weight is 526 g/mol. The highest BCUT2D eigenvalue weighted by Gasteiger charge is 2.33. The molecule has 0 atom stereocenters. The van der Waals surface area contributed by atoms with Crippen molar-refractivity contribution in [2.24, 2.45) is 0 Å². The van der Waals surface area contributed by atoms with Crippen molar-refractivity contribution in [2.45, 2.75) is 51.0 Å². The molecule has 5 heterocycles. The zero-order valence-electron chi connectivity index (χ0n) is 21.1. The van der Waals surface area contributed by atoms with Crippen molar-refractivity contribution in [3.8, 4) is 5.82 Å². The molecule has 0 radical (unpaired) electrons. The topological polar surface area (TPSA) is 98.5 Å². The number of aromatic nitrogens is 5. The number of carbonyl (C=O) groups excluding carboxylic acids is 1. The van der Waals surface area contributed by atoms with Crippen molar-refractivity contribution in [2.75, 3.05) is 50.9 Å². The van der Waals surface area contributed by atoms with Crippen molar-refractivity contribution in [3.63, 3.8) is 0 Å². The van der Waals surface area contributed by atoms with E-state index in [1.54, 1.807) is 23.9 Å². The molecule has 11 heteroatoms. The lowest BCUT2D eigenvalue weighted by Crippen LogP contribution is -2.49. The monoisotopic (exact) mass is 525 g/mol. The molecule has 37 heavy (non-hydrogen) atoms. The summed E-state index contributed by atoms with van der Waals surface area (Å²) in [5.41, 5.74) is 2.90. The zero-order valence-corrected chi connectivity index (χ0v) is 21.9. The number of halogens is 1. The number of ether oxygens (including phenoxy) is 2. The number of hydrogen-bond donors (Lipinski definition) is 0. The van der Waals surface area contributed by atoms with Crippen molar-refractivity contribution < 1.29 is 14.3 Å². The van der Waals surface area contributed by atoms with Gasteiger partial charge in [-0.3, -0.25) is 4.90 Å². The van der Waals surface area contributed by atoms with E-state index in [4.69, 9.17) is 31.2 Å². The van der Waals surface area contributed by atoms with Crippen LogP contribution in [0.15, 0.2) is 18.3 Å². The van der Waals surface area contributed by atoms with E-state index in [9.17, 15) is 4.79 Å².